The molecule has 0 spiro atoms. The minimum absolute atomic E-state index is 0.0125. The molecule has 2 aromatic heterocycles. The molecule has 0 saturated carbocycles. The minimum Gasteiger partial charge on any atom is -0.355 e. The van der Waals surface area contributed by atoms with Gasteiger partial charge in [-0.05, 0) is 30.2 Å². The maximum Gasteiger partial charge on any atom is 0.274 e. The summed E-state index contributed by atoms with van der Waals surface area (Å²) < 4.78 is 23.7. The van der Waals surface area contributed by atoms with Gasteiger partial charge in [0.15, 0.2) is 11.5 Å². The van der Waals surface area contributed by atoms with Crippen molar-refractivity contribution >= 4 is 5.91 Å². The predicted octanol–water partition coefficient (Wildman–Crippen LogP) is 4.66. The maximum atomic E-state index is 13.1. The van der Waals surface area contributed by atoms with E-state index in [4.69, 9.17) is 9.05 Å². The van der Waals surface area contributed by atoms with Crippen molar-refractivity contribution in [3.63, 3.8) is 0 Å². The molecule has 0 aliphatic heterocycles. The summed E-state index contributed by atoms with van der Waals surface area (Å²) in [6.07, 6.45) is 0. The van der Waals surface area contributed by atoms with Crippen molar-refractivity contribution in [2.45, 2.75) is 19.9 Å². The largest absolute Gasteiger partial charge is 0.355 e. The monoisotopic (exact) mass is 406 g/mol. The predicted molar refractivity (Wildman–Crippen MR) is 107 cm³/mol. The molecule has 1 amide bonds. The molecule has 30 heavy (non-hydrogen) atoms. The molecule has 2 heterocycles. The average molecular weight is 406 g/mol. The summed E-state index contributed by atoms with van der Waals surface area (Å²) in [6, 6.07) is 16.2. The van der Waals surface area contributed by atoms with Gasteiger partial charge in [0.2, 0.25) is 11.7 Å². The van der Waals surface area contributed by atoms with Gasteiger partial charge in [-0.3, -0.25) is 4.79 Å². The second kappa shape index (κ2) is 8.28. The number of amides is 1. The molecule has 1 unspecified atom stereocenters. The molecule has 0 aliphatic carbocycles. The summed E-state index contributed by atoms with van der Waals surface area (Å²) in [6.45, 7) is 3.87. The Morgan fingerprint density at radius 2 is 1.70 bits per heavy atom. The van der Waals surface area contributed by atoms with Crippen molar-refractivity contribution in [1.82, 2.24) is 20.6 Å². The number of hydrogen-bond acceptors (Lipinski definition) is 6. The third-order valence-corrected chi connectivity index (χ3v) is 4.56. The van der Waals surface area contributed by atoms with Gasteiger partial charge in [-0.15, -0.1) is 0 Å². The molecule has 0 bridgehead atoms. The molecule has 4 aromatic rings. The molecule has 0 fully saturated rings. The number of nitrogens with one attached hydrogen (secondary N) is 1. The van der Waals surface area contributed by atoms with Crippen LogP contribution in [0.1, 0.15) is 36.3 Å². The van der Waals surface area contributed by atoms with Crippen LogP contribution in [0.2, 0.25) is 0 Å². The zero-order chi connectivity index (χ0) is 21.1. The first-order valence-corrected chi connectivity index (χ1v) is 9.44. The van der Waals surface area contributed by atoms with Gasteiger partial charge in [-0.2, -0.15) is 4.98 Å². The fourth-order valence-corrected chi connectivity index (χ4v) is 2.93. The highest BCUT2D eigenvalue weighted by atomic mass is 19.1. The lowest BCUT2D eigenvalue weighted by Gasteiger charge is -2.17. The van der Waals surface area contributed by atoms with Crippen LogP contribution in [-0.2, 0) is 0 Å². The molecule has 2 aromatic carbocycles. The molecule has 4 rings (SSSR count). The number of carbonyl (C=O) groups is 1. The van der Waals surface area contributed by atoms with E-state index < -0.39 is 11.9 Å². The Morgan fingerprint density at radius 1 is 0.967 bits per heavy atom. The first-order chi connectivity index (χ1) is 14.5. The Balaban J connectivity index is 1.52. The molecule has 0 aliphatic rings. The van der Waals surface area contributed by atoms with Crippen LogP contribution < -0.4 is 5.32 Å². The van der Waals surface area contributed by atoms with Gasteiger partial charge < -0.3 is 14.4 Å². The number of aromatic nitrogens is 3. The zero-order valence-corrected chi connectivity index (χ0v) is 16.4. The van der Waals surface area contributed by atoms with Crippen molar-refractivity contribution in [3.05, 3.63) is 78.1 Å². The zero-order valence-electron chi connectivity index (χ0n) is 16.4. The number of carbonyl (C=O) groups excluding carboxylic acids is 1. The lowest BCUT2D eigenvalue weighted by atomic mass is 10.0. The highest BCUT2D eigenvalue weighted by Crippen LogP contribution is 2.25. The maximum absolute atomic E-state index is 13.1. The highest BCUT2D eigenvalue weighted by molar-refractivity contribution is 5.93. The van der Waals surface area contributed by atoms with E-state index in [-0.39, 0.29) is 17.4 Å². The Bertz CT molecular complexity index is 1140. The van der Waals surface area contributed by atoms with E-state index in [0.29, 0.717) is 23.0 Å². The fraction of sp³-hybridized carbons (Fsp3) is 0.182. The van der Waals surface area contributed by atoms with E-state index in [1.54, 1.807) is 12.1 Å². The summed E-state index contributed by atoms with van der Waals surface area (Å²) in [5.41, 5.74) is 1.54. The highest BCUT2D eigenvalue weighted by Gasteiger charge is 2.26. The molecule has 0 saturated heterocycles. The van der Waals surface area contributed by atoms with Crippen molar-refractivity contribution < 1.29 is 18.2 Å². The van der Waals surface area contributed by atoms with Crippen LogP contribution in [0.4, 0.5) is 4.39 Å². The molecule has 1 N–H and O–H groups in total. The number of hydrogen-bond donors (Lipinski definition) is 1. The molecular weight excluding hydrogens is 387 g/mol. The van der Waals surface area contributed by atoms with Crippen LogP contribution in [0.15, 0.2) is 69.7 Å². The minimum atomic E-state index is -0.506. The normalized spacial score (nSPS) is 12.1. The lowest BCUT2D eigenvalue weighted by Crippen LogP contribution is -2.32. The Labute approximate surface area is 171 Å². The van der Waals surface area contributed by atoms with Crippen LogP contribution in [0.5, 0.6) is 0 Å². The summed E-state index contributed by atoms with van der Waals surface area (Å²) in [4.78, 5) is 17.2. The first kappa shape index (κ1) is 19.5. The van der Waals surface area contributed by atoms with Crippen molar-refractivity contribution in [3.8, 4) is 22.7 Å². The quantitative estimate of drug-likeness (QED) is 0.501. The van der Waals surface area contributed by atoms with E-state index >= 15 is 0 Å². The average Bonchev–Trinajstić information content (AvgIpc) is 3.43. The van der Waals surface area contributed by atoms with Crippen LogP contribution in [0, 0.1) is 11.7 Å². The van der Waals surface area contributed by atoms with Crippen molar-refractivity contribution in [1.29, 1.82) is 0 Å². The molecule has 152 valence electrons. The third kappa shape index (κ3) is 4.12. The number of nitrogens with zero attached hydrogens (tertiary/aromatic N) is 3. The Morgan fingerprint density at radius 3 is 2.40 bits per heavy atom. The molecule has 8 heteroatoms. The molecular formula is C22H19FN4O3. The van der Waals surface area contributed by atoms with Gasteiger partial charge >= 0.3 is 0 Å². The van der Waals surface area contributed by atoms with Crippen LogP contribution in [-0.4, -0.2) is 21.2 Å². The van der Waals surface area contributed by atoms with Crippen LogP contribution in [0.3, 0.4) is 0 Å². The van der Waals surface area contributed by atoms with Gasteiger partial charge in [0, 0.05) is 17.2 Å². The Kier molecular flexibility index (Phi) is 5.38. The molecule has 1 atom stereocenters. The fourth-order valence-electron chi connectivity index (χ4n) is 2.93. The number of halogens is 1. The van der Waals surface area contributed by atoms with Gasteiger partial charge in [-0.25, -0.2) is 4.39 Å². The van der Waals surface area contributed by atoms with Crippen molar-refractivity contribution in [2.75, 3.05) is 0 Å². The smallest absolute Gasteiger partial charge is 0.274 e. The van der Waals surface area contributed by atoms with E-state index in [1.807, 2.05) is 44.2 Å². The standard InChI is InChI=1S/C22H19FN4O3/c1-13(2)19(22-25-20(27-30-22)15-6-4-3-5-7-15)24-21(28)17-12-18(29-26-17)14-8-10-16(23)11-9-14/h3-13,19H,1-2H3,(H,24,28). The molecule has 7 nitrogen and oxygen atoms in total. The SMILES string of the molecule is CC(C)C(NC(=O)c1cc(-c2ccc(F)cc2)on1)c1nc(-c2ccccc2)no1. The lowest BCUT2D eigenvalue weighted by molar-refractivity contribution is 0.0904. The summed E-state index contributed by atoms with van der Waals surface area (Å²) in [5.74, 6) is 0.313. The second-order valence-electron chi connectivity index (χ2n) is 7.10. The van der Waals surface area contributed by atoms with Crippen LogP contribution in [0.25, 0.3) is 22.7 Å². The van der Waals surface area contributed by atoms with E-state index in [9.17, 15) is 9.18 Å². The van der Waals surface area contributed by atoms with Gasteiger partial charge in [-0.1, -0.05) is 54.5 Å². The summed E-state index contributed by atoms with van der Waals surface area (Å²) >= 11 is 0. The van der Waals surface area contributed by atoms with Gasteiger partial charge in [0.1, 0.15) is 11.9 Å². The first-order valence-electron chi connectivity index (χ1n) is 9.44. The molecule has 0 radical (unpaired) electrons. The van der Waals surface area contributed by atoms with Crippen molar-refractivity contribution in [2.24, 2.45) is 5.92 Å². The topological polar surface area (TPSA) is 94.1 Å². The number of benzene rings is 2. The number of rotatable bonds is 6. The summed E-state index contributed by atoms with van der Waals surface area (Å²) in [7, 11) is 0. The summed E-state index contributed by atoms with van der Waals surface area (Å²) in [5, 5.41) is 10.7. The third-order valence-electron chi connectivity index (χ3n) is 4.56. The second-order valence-corrected chi connectivity index (χ2v) is 7.10. The van der Waals surface area contributed by atoms with Gasteiger partial charge in [0.05, 0.1) is 0 Å². The van der Waals surface area contributed by atoms with E-state index in [1.165, 1.54) is 18.2 Å². The van der Waals surface area contributed by atoms with Crippen LogP contribution >= 0.6 is 0 Å². The Hall–Kier alpha value is -3.81. The van der Waals surface area contributed by atoms with E-state index in [0.717, 1.165) is 5.56 Å². The van der Waals surface area contributed by atoms with Gasteiger partial charge in [0.25, 0.3) is 5.91 Å². The van der Waals surface area contributed by atoms with E-state index in [2.05, 4.69) is 20.6 Å².